The molecule has 0 unspecified atom stereocenters. The molecule has 2 aromatic rings. The largest absolute Gasteiger partial charge is 0.507 e. The second-order valence-electron chi connectivity index (χ2n) is 8.20. The summed E-state index contributed by atoms with van der Waals surface area (Å²) < 4.78 is 5.16. The third-order valence-corrected chi connectivity index (χ3v) is 5.65. The van der Waals surface area contributed by atoms with Gasteiger partial charge in [-0.2, -0.15) is 0 Å². The number of ether oxygens (including phenoxy) is 1. The molecule has 0 aromatic heterocycles. The average molecular weight is 397 g/mol. The summed E-state index contributed by atoms with van der Waals surface area (Å²) in [5, 5.41) is 10.2. The molecule has 1 fully saturated rings. The van der Waals surface area contributed by atoms with Crippen LogP contribution in [0.2, 0.25) is 0 Å². The number of piperidine rings is 1. The lowest BCUT2D eigenvalue weighted by Gasteiger charge is -2.39. The Morgan fingerprint density at radius 3 is 2.38 bits per heavy atom. The Balaban J connectivity index is 1.68. The van der Waals surface area contributed by atoms with E-state index in [1.807, 2.05) is 30.9 Å². The summed E-state index contributed by atoms with van der Waals surface area (Å²) in [4.78, 5) is 17.3. The lowest BCUT2D eigenvalue weighted by Crippen LogP contribution is -2.48. The van der Waals surface area contributed by atoms with Gasteiger partial charge in [-0.3, -0.25) is 9.69 Å². The SMILES string of the molecule is COc1ccc(CN2CCC(N(C(=O)C(C)C)c3ccc(C)cc3)CC2)c(O)c1. The number of anilines is 1. The molecule has 1 aliphatic heterocycles. The number of aryl methyl sites for hydroxylation is 1. The molecule has 1 heterocycles. The van der Waals surface area contributed by atoms with Crippen molar-refractivity contribution < 1.29 is 14.6 Å². The van der Waals surface area contributed by atoms with E-state index in [-0.39, 0.29) is 23.6 Å². The van der Waals surface area contributed by atoms with E-state index in [2.05, 4.69) is 36.1 Å². The number of aromatic hydroxyl groups is 1. The number of benzene rings is 2. The third-order valence-electron chi connectivity index (χ3n) is 5.65. The number of phenols is 1. The molecule has 1 aliphatic rings. The van der Waals surface area contributed by atoms with Crippen LogP contribution >= 0.6 is 0 Å². The van der Waals surface area contributed by atoms with Gasteiger partial charge in [0.1, 0.15) is 11.5 Å². The molecule has 2 aromatic carbocycles. The Hall–Kier alpha value is -2.53. The fraction of sp³-hybridized carbons (Fsp3) is 0.458. The topological polar surface area (TPSA) is 53.0 Å². The number of likely N-dealkylation sites (tertiary alicyclic amines) is 1. The normalized spacial score (nSPS) is 15.5. The Morgan fingerprint density at radius 2 is 1.83 bits per heavy atom. The van der Waals surface area contributed by atoms with Crippen molar-refractivity contribution in [3.63, 3.8) is 0 Å². The summed E-state index contributed by atoms with van der Waals surface area (Å²) >= 11 is 0. The van der Waals surface area contributed by atoms with Crippen LogP contribution in [0, 0.1) is 12.8 Å². The lowest BCUT2D eigenvalue weighted by molar-refractivity contribution is -0.122. The first kappa shape index (κ1) is 21.2. The van der Waals surface area contributed by atoms with Crippen molar-refractivity contribution in [2.75, 3.05) is 25.1 Å². The summed E-state index contributed by atoms with van der Waals surface area (Å²) in [6.07, 6.45) is 1.84. The molecule has 0 atom stereocenters. The highest BCUT2D eigenvalue weighted by Gasteiger charge is 2.30. The molecule has 5 nitrogen and oxygen atoms in total. The van der Waals surface area contributed by atoms with E-state index < -0.39 is 0 Å². The van der Waals surface area contributed by atoms with Crippen molar-refractivity contribution in [3.8, 4) is 11.5 Å². The van der Waals surface area contributed by atoms with E-state index in [1.165, 1.54) is 5.56 Å². The van der Waals surface area contributed by atoms with E-state index in [9.17, 15) is 9.90 Å². The molecule has 0 spiro atoms. The number of methoxy groups -OCH3 is 1. The van der Waals surface area contributed by atoms with Gasteiger partial charge in [-0.05, 0) is 38.0 Å². The number of carbonyl (C=O) groups is 1. The Kier molecular flexibility index (Phi) is 6.80. The zero-order valence-corrected chi connectivity index (χ0v) is 17.9. The second-order valence-corrected chi connectivity index (χ2v) is 8.20. The molecule has 5 heteroatoms. The monoisotopic (exact) mass is 396 g/mol. The number of hydrogen-bond acceptors (Lipinski definition) is 4. The molecule has 0 bridgehead atoms. The maximum Gasteiger partial charge on any atom is 0.229 e. The summed E-state index contributed by atoms with van der Waals surface area (Å²) in [6.45, 7) is 8.47. The van der Waals surface area contributed by atoms with Gasteiger partial charge in [0.2, 0.25) is 5.91 Å². The minimum Gasteiger partial charge on any atom is -0.507 e. The molecule has 156 valence electrons. The average Bonchev–Trinajstić information content (AvgIpc) is 2.72. The first-order chi connectivity index (χ1) is 13.9. The van der Waals surface area contributed by atoms with E-state index in [1.54, 1.807) is 13.2 Å². The van der Waals surface area contributed by atoms with Gasteiger partial charge in [-0.1, -0.05) is 37.6 Å². The van der Waals surface area contributed by atoms with Crippen molar-refractivity contribution in [2.45, 2.75) is 46.2 Å². The summed E-state index contributed by atoms with van der Waals surface area (Å²) in [5.74, 6) is 1.07. The van der Waals surface area contributed by atoms with E-state index in [4.69, 9.17) is 4.74 Å². The predicted octanol–water partition coefficient (Wildman–Crippen LogP) is 4.36. The number of hydrogen-bond donors (Lipinski definition) is 1. The fourth-order valence-electron chi connectivity index (χ4n) is 3.88. The quantitative estimate of drug-likeness (QED) is 0.788. The van der Waals surface area contributed by atoms with Crippen molar-refractivity contribution >= 4 is 11.6 Å². The van der Waals surface area contributed by atoms with Gasteiger partial charge in [0, 0.05) is 48.9 Å². The first-order valence-electron chi connectivity index (χ1n) is 10.4. The van der Waals surface area contributed by atoms with Crippen LogP contribution in [0.1, 0.15) is 37.8 Å². The smallest absolute Gasteiger partial charge is 0.229 e. The van der Waals surface area contributed by atoms with Crippen LogP contribution in [0.5, 0.6) is 11.5 Å². The molecule has 1 saturated heterocycles. The van der Waals surface area contributed by atoms with Gasteiger partial charge in [-0.15, -0.1) is 0 Å². The molecular weight excluding hydrogens is 364 g/mol. The Labute approximate surface area is 173 Å². The summed E-state index contributed by atoms with van der Waals surface area (Å²) in [6, 6.07) is 13.9. The Morgan fingerprint density at radius 1 is 1.17 bits per heavy atom. The Bertz CT molecular complexity index is 825. The van der Waals surface area contributed by atoms with Gasteiger partial charge < -0.3 is 14.7 Å². The molecule has 1 amide bonds. The molecule has 0 saturated carbocycles. The van der Waals surface area contributed by atoms with Crippen molar-refractivity contribution in [2.24, 2.45) is 5.92 Å². The van der Waals surface area contributed by atoms with E-state index in [0.29, 0.717) is 12.3 Å². The summed E-state index contributed by atoms with van der Waals surface area (Å²) in [5.41, 5.74) is 3.08. The number of phenolic OH excluding ortho intramolecular Hbond substituents is 1. The van der Waals surface area contributed by atoms with E-state index >= 15 is 0 Å². The molecule has 0 radical (unpaired) electrons. The first-order valence-corrected chi connectivity index (χ1v) is 10.4. The predicted molar refractivity (Wildman–Crippen MR) is 116 cm³/mol. The van der Waals surface area contributed by atoms with Crippen LogP contribution in [0.4, 0.5) is 5.69 Å². The van der Waals surface area contributed by atoms with Gasteiger partial charge in [0.15, 0.2) is 0 Å². The third kappa shape index (κ3) is 5.10. The van der Waals surface area contributed by atoms with Crippen LogP contribution < -0.4 is 9.64 Å². The lowest BCUT2D eigenvalue weighted by atomic mass is 9.99. The van der Waals surface area contributed by atoms with Crippen LogP contribution in [0.25, 0.3) is 0 Å². The molecule has 0 aliphatic carbocycles. The number of carbonyl (C=O) groups excluding carboxylic acids is 1. The van der Waals surface area contributed by atoms with Crippen LogP contribution in [0.3, 0.4) is 0 Å². The number of amides is 1. The number of rotatable bonds is 6. The highest BCUT2D eigenvalue weighted by Crippen LogP contribution is 2.29. The van der Waals surface area contributed by atoms with Gasteiger partial charge in [0.25, 0.3) is 0 Å². The molecule has 1 N–H and O–H groups in total. The van der Waals surface area contributed by atoms with Crippen molar-refractivity contribution in [3.05, 3.63) is 53.6 Å². The van der Waals surface area contributed by atoms with Gasteiger partial charge in [0.05, 0.1) is 7.11 Å². The second kappa shape index (κ2) is 9.31. The minimum atomic E-state index is -0.0365. The van der Waals surface area contributed by atoms with E-state index in [0.717, 1.165) is 37.2 Å². The van der Waals surface area contributed by atoms with Gasteiger partial charge >= 0.3 is 0 Å². The zero-order chi connectivity index (χ0) is 21.0. The van der Waals surface area contributed by atoms with Crippen molar-refractivity contribution in [1.82, 2.24) is 4.90 Å². The van der Waals surface area contributed by atoms with Crippen LogP contribution in [0.15, 0.2) is 42.5 Å². The summed E-state index contributed by atoms with van der Waals surface area (Å²) in [7, 11) is 1.59. The zero-order valence-electron chi connectivity index (χ0n) is 17.9. The maximum absolute atomic E-state index is 13.0. The highest BCUT2D eigenvalue weighted by molar-refractivity contribution is 5.95. The number of nitrogens with zero attached hydrogens (tertiary/aromatic N) is 2. The standard InChI is InChI=1S/C24H32N2O3/c1-17(2)24(28)26(20-8-5-18(3)6-9-20)21-11-13-25(14-12-21)16-19-7-10-22(29-4)15-23(19)27/h5-10,15,17,21,27H,11-14,16H2,1-4H3. The highest BCUT2D eigenvalue weighted by atomic mass is 16.5. The minimum absolute atomic E-state index is 0.0365. The van der Waals surface area contributed by atoms with Crippen LogP contribution in [-0.4, -0.2) is 42.2 Å². The molecule has 3 rings (SSSR count). The molecule has 29 heavy (non-hydrogen) atoms. The maximum atomic E-state index is 13.0. The van der Waals surface area contributed by atoms with Crippen molar-refractivity contribution in [1.29, 1.82) is 0 Å². The fourth-order valence-corrected chi connectivity index (χ4v) is 3.88. The van der Waals surface area contributed by atoms with Gasteiger partial charge in [-0.25, -0.2) is 0 Å². The molecular formula is C24H32N2O3. The van der Waals surface area contributed by atoms with Crippen LogP contribution in [-0.2, 0) is 11.3 Å².